The summed E-state index contributed by atoms with van der Waals surface area (Å²) < 4.78 is 36.6. The third-order valence-corrected chi connectivity index (χ3v) is 0.584. The van der Waals surface area contributed by atoms with Crippen LogP contribution in [-0.4, -0.2) is 11.6 Å². The maximum atomic E-state index is 10.9. The van der Waals surface area contributed by atoms with Crippen molar-refractivity contribution in [2.45, 2.75) is 13.7 Å². The van der Waals surface area contributed by atoms with Gasteiger partial charge in [0.1, 0.15) is 12.2 Å². The van der Waals surface area contributed by atoms with Crippen molar-refractivity contribution in [2.75, 3.05) is 0 Å². The first-order valence-corrected chi connectivity index (χ1v) is 2.11. The molecule has 10 heavy (non-hydrogen) atoms. The van der Waals surface area contributed by atoms with Crippen LogP contribution >= 0.6 is 12.2 Å². The quantitative estimate of drug-likeness (QED) is 0.230. The molecule has 0 amide bonds. The van der Waals surface area contributed by atoms with Gasteiger partial charge in [0.15, 0.2) is 0 Å². The number of rotatable bonds is 2. The number of hydrogen-bond acceptors (Lipinski definition) is 4. The monoisotopic (exact) mass is 432 g/mol. The summed E-state index contributed by atoms with van der Waals surface area (Å²) in [6, 6.07) is 0. The fourth-order valence-electron chi connectivity index (χ4n) is 0.0659. The minimum atomic E-state index is -4.52. The van der Waals surface area contributed by atoms with E-state index in [4.69, 9.17) is 5.26 Å². The van der Waals surface area contributed by atoms with Gasteiger partial charge in [0.2, 0.25) is 0 Å². The Bertz CT molecular complexity index is 72.0. The number of alkyl halides is 3. The molecule has 0 rings (SSSR count). The molecule has 0 aliphatic rings. The molecule has 2 N–H and O–H groups in total. The number of hydrogen-bond donors (Lipinski definition) is 2. The van der Waals surface area contributed by atoms with Crippen molar-refractivity contribution in [2.24, 2.45) is 0 Å². The van der Waals surface area contributed by atoms with E-state index in [1.54, 1.807) is 0 Å². The van der Waals surface area contributed by atoms with Gasteiger partial charge in [-0.05, 0) is 0 Å². The molecule has 0 aromatic rings. The molecule has 8 heteroatoms. The van der Waals surface area contributed by atoms with Crippen LogP contribution in [-0.2, 0) is 4.33 Å². The molecular weight excluding hydrogens is 426 g/mol. The molecule has 0 saturated carbocycles. The van der Waals surface area contributed by atoms with Gasteiger partial charge in [0, 0.05) is 0 Å². The zero-order chi connectivity index (χ0) is 6.62. The predicted molar refractivity (Wildman–Crippen MR) is 27.2 cm³/mol. The van der Waals surface area contributed by atoms with Crippen LogP contribution in [0.2, 0.25) is 0 Å². The molecule has 0 heterocycles. The minimum Gasteiger partial charge on any atom is -0.238 e. The van der Waals surface area contributed by atoms with Crippen LogP contribution in [0.15, 0.2) is 0 Å². The second-order valence-corrected chi connectivity index (χ2v) is 1.28. The first kappa shape index (κ1) is 16.0. The van der Waals surface area contributed by atoms with Gasteiger partial charge in [-0.25, -0.2) is 5.26 Å². The van der Waals surface area contributed by atoms with Gasteiger partial charge >= 0.3 is 6.30 Å². The summed E-state index contributed by atoms with van der Waals surface area (Å²) in [5.41, 5.74) is 0. The largest absolute Gasteiger partial charge is 0.468 e. The molecule has 3 nitrogen and oxygen atoms in total. The van der Waals surface area contributed by atoms with Gasteiger partial charge in [-0.15, -0.1) is 9.06 Å². The fraction of sp³-hybridized carbons (Fsp3) is 1.00. The fourth-order valence-corrected chi connectivity index (χ4v) is 0.198. The maximum absolute atomic E-state index is 10.9. The van der Waals surface area contributed by atoms with Gasteiger partial charge in [0.05, 0.1) is 0 Å². The van der Waals surface area contributed by atoms with Crippen LogP contribution < -0.4 is 4.72 Å². The van der Waals surface area contributed by atoms with E-state index in [0.29, 0.717) is 0 Å². The van der Waals surface area contributed by atoms with Gasteiger partial charge in [-0.1, -0.05) is 7.43 Å². The third kappa shape index (κ3) is 15.7. The van der Waals surface area contributed by atoms with Gasteiger partial charge in [-0.3, -0.25) is 0 Å². The Kier molecular flexibility index (Phi) is 9.84. The molecule has 0 aliphatic carbocycles. The van der Waals surface area contributed by atoms with Gasteiger partial charge in [-0.2, -0.15) is 13.2 Å². The van der Waals surface area contributed by atoms with E-state index in [9.17, 15) is 13.2 Å². The SMILES string of the molecule is C.OOSNC(F)(F)F.[Rf]. The zero-order valence-corrected chi connectivity index (χ0v) is 11.3. The summed E-state index contributed by atoms with van der Waals surface area (Å²) in [6.45, 7) is 0. The number of nitrogens with one attached hydrogen (secondary N) is 1. The average Bonchev–Trinajstić information content (AvgIpc) is 1.59. The second kappa shape index (κ2) is 6.14. The molecule has 0 saturated heterocycles. The van der Waals surface area contributed by atoms with Crippen molar-refractivity contribution in [1.82, 2.24) is 4.72 Å². The van der Waals surface area contributed by atoms with Crippen LogP contribution in [0.3, 0.4) is 0 Å². The van der Waals surface area contributed by atoms with E-state index in [1.165, 1.54) is 0 Å². The van der Waals surface area contributed by atoms with E-state index in [-0.39, 0.29) is 19.7 Å². The molecule has 0 aliphatic heterocycles. The van der Waals surface area contributed by atoms with Crippen molar-refractivity contribution in [3.63, 3.8) is 0 Å². The van der Waals surface area contributed by atoms with Crippen LogP contribution in [0.5, 0.6) is 0 Å². The Hall–Kier alpha value is -0.980. The topological polar surface area (TPSA) is 41.5 Å². The predicted octanol–water partition coefficient (Wildman–Crippen LogP) is 1.78. The van der Waals surface area contributed by atoms with Crippen LogP contribution in [0.4, 0.5) is 13.2 Å². The van der Waals surface area contributed by atoms with E-state index in [1.807, 2.05) is 0 Å². The van der Waals surface area contributed by atoms with Gasteiger partial charge < -0.3 is 0 Å². The van der Waals surface area contributed by atoms with Crippen molar-refractivity contribution in [1.29, 1.82) is 0 Å². The summed E-state index contributed by atoms with van der Waals surface area (Å²) in [5, 5.41) is 7.33. The Labute approximate surface area is 54.5 Å². The van der Waals surface area contributed by atoms with Crippen molar-refractivity contribution < 1.29 is 22.8 Å². The van der Waals surface area contributed by atoms with E-state index in [2.05, 4.69) is 4.33 Å². The summed E-state index contributed by atoms with van der Waals surface area (Å²) in [6.07, 6.45) is -4.52. The molecule has 0 aromatic carbocycles. The molecule has 0 fully saturated rings. The van der Waals surface area contributed by atoms with Crippen LogP contribution in [0, 0.1) is 0 Å². The first-order chi connectivity index (χ1) is 3.56. The molecule has 0 unspecified atom stereocenters. The summed E-state index contributed by atoms with van der Waals surface area (Å²) in [4.78, 5) is 0. The molecule has 0 atom stereocenters. The van der Waals surface area contributed by atoms with E-state index in [0.717, 1.165) is 4.72 Å². The normalized spacial score (nSPS) is 9.60. The zero-order valence-electron chi connectivity index (χ0n) is 4.10. The second-order valence-electron chi connectivity index (χ2n) is 0.758. The Morgan fingerprint density at radius 2 is 1.80 bits per heavy atom. The molecule has 60 valence electrons. The molecule has 0 spiro atoms. The van der Waals surface area contributed by atoms with Crippen molar-refractivity contribution in [3.05, 3.63) is 0 Å². The summed E-state index contributed by atoms with van der Waals surface area (Å²) in [5.74, 6) is 0. The van der Waals surface area contributed by atoms with Gasteiger partial charge in [0.25, 0.3) is 0 Å². The average molecular weight is 432 g/mol. The minimum absolute atomic E-state index is 0. The van der Waals surface area contributed by atoms with E-state index < -0.39 is 6.30 Å². The molecule has 0 bridgehead atoms. The Morgan fingerprint density at radius 3 is 1.90 bits per heavy atom. The summed E-state index contributed by atoms with van der Waals surface area (Å²) >= 11 is -0.304. The van der Waals surface area contributed by atoms with Crippen molar-refractivity contribution in [3.8, 4) is 0 Å². The molecular formula is C2H6F3NO2RfS. The third-order valence-electron chi connectivity index (χ3n) is 0.195. The molecule has 0 radical (unpaired) electrons. The van der Waals surface area contributed by atoms with Crippen LogP contribution in [0.1, 0.15) is 7.43 Å². The molecule has 0 aromatic heterocycles. The van der Waals surface area contributed by atoms with Crippen molar-refractivity contribution >= 4 is 12.2 Å². The Balaban J connectivity index is -0.000000245. The standard InChI is InChI=1S/CH2F3NO2S.CH4.Rf/c2-1(3,4)5-8-7-6;;/h5-6H;1H4;. The maximum Gasteiger partial charge on any atom is 0.468 e. The van der Waals surface area contributed by atoms with E-state index >= 15 is 0 Å². The smallest absolute Gasteiger partial charge is 0.238 e. The summed E-state index contributed by atoms with van der Waals surface area (Å²) in [7, 11) is 0. The Morgan fingerprint density at radius 1 is 1.40 bits per heavy atom. The number of halogens is 3. The first-order valence-electron chi connectivity index (χ1n) is 1.37. The van der Waals surface area contributed by atoms with Crippen LogP contribution in [0.25, 0.3) is 0 Å².